The number of likely N-dealkylation sites (N-methyl/N-ethyl adjacent to an activating group) is 1. The van der Waals surface area contributed by atoms with Gasteiger partial charge < -0.3 is 4.90 Å². The molecule has 2 aromatic carbocycles. The number of carbonyl (C=O) groups is 1. The largest absolute Gasteiger partial charge is 0.300 e. The molecule has 1 saturated heterocycles. The van der Waals surface area contributed by atoms with E-state index in [2.05, 4.69) is 36.1 Å². The maximum Gasteiger partial charge on any atom is 0.265 e. The predicted octanol–water partition coefficient (Wildman–Crippen LogP) is 2.04. The lowest BCUT2D eigenvalue weighted by molar-refractivity contribution is 0.0604. The number of nitrogens with zero attached hydrogens (tertiary/aromatic N) is 3. The first-order chi connectivity index (χ1) is 15.7. The quantitative estimate of drug-likeness (QED) is 0.329. The number of anilines is 1. The Morgan fingerprint density at radius 1 is 1.06 bits per heavy atom. The van der Waals surface area contributed by atoms with Crippen molar-refractivity contribution < 1.29 is 13.2 Å². The number of benzene rings is 2. The third kappa shape index (κ3) is 6.54. The highest BCUT2D eigenvalue weighted by molar-refractivity contribution is 7.92. The van der Waals surface area contributed by atoms with Crippen molar-refractivity contribution in [2.45, 2.75) is 38.9 Å². The van der Waals surface area contributed by atoms with Crippen LogP contribution in [0.25, 0.3) is 0 Å². The first-order valence-corrected chi connectivity index (χ1v) is 12.9. The zero-order valence-electron chi connectivity index (χ0n) is 19.6. The van der Waals surface area contributed by atoms with Gasteiger partial charge in [0.25, 0.3) is 5.91 Å². The number of nitrogens with one attached hydrogen (secondary N) is 1. The molecule has 33 heavy (non-hydrogen) atoms. The zero-order chi connectivity index (χ0) is 24.0. The van der Waals surface area contributed by atoms with E-state index in [4.69, 9.17) is 5.84 Å². The minimum atomic E-state index is -3.55. The van der Waals surface area contributed by atoms with Gasteiger partial charge in [0.2, 0.25) is 10.0 Å². The second kappa shape index (κ2) is 11.1. The Morgan fingerprint density at radius 2 is 1.67 bits per heavy atom. The molecule has 8 nitrogen and oxygen atoms in total. The van der Waals surface area contributed by atoms with Crippen LogP contribution in [0.5, 0.6) is 0 Å². The van der Waals surface area contributed by atoms with Crippen LogP contribution in [0.15, 0.2) is 54.6 Å². The molecule has 0 bridgehead atoms. The van der Waals surface area contributed by atoms with E-state index in [1.807, 2.05) is 18.2 Å². The summed E-state index contributed by atoms with van der Waals surface area (Å²) in [4.78, 5) is 16.4. The van der Waals surface area contributed by atoms with Crippen LogP contribution in [-0.4, -0.2) is 68.6 Å². The molecule has 3 rings (SSSR count). The summed E-state index contributed by atoms with van der Waals surface area (Å²) in [7, 11) is -1.40. The molecular weight excluding hydrogens is 438 g/mol. The molecule has 1 aliphatic rings. The monoisotopic (exact) mass is 473 g/mol. The summed E-state index contributed by atoms with van der Waals surface area (Å²) in [6.07, 6.45) is 0.574. The zero-order valence-corrected chi connectivity index (χ0v) is 20.5. The van der Waals surface area contributed by atoms with Crippen molar-refractivity contribution in [3.63, 3.8) is 0 Å². The van der Waals surface area contributed by atoms with Crippen molar-refractivity contribution in [2.24, 2.45) is 5.84 Å². The summed E-state index contributed by atoms with van der Waals surface area (Å²) < 4.78 is 28.3. The third-order valence-electron chi connectivity index (χ3n) is 6.37. The van der Waals surface area contributed by atoms with Crippen LogP contribution in [-0.2, 0) is 16.6 Å². The van der Waals surface area contributed by atoms with Crippen LogP contribution >= 0.6 is 0 Å². The van der Waals surface area contributed by atoms with Gasteiger partial charge in [-0.2, -0.15) is 0 Å². The van der Waals surface area contributed by atoms with Gasteiger partial charge in [-0.1, -0.05) is 30.3 Å². The highest BCUT2D eigenvalue weighted by Crippen LogP contribution is 2.22. The van der Waals surface area contributed by atoms with Gasteiger partial charge >= 0.3 is 0 Å². The van der Waals surface area contributed by atoms with Gasteiger partial charge in [-0.3, -0.25) is 19.4 Å². The summed E-state index contributed by atoms with van der Waals surface area (Å²) in [5, 5.41) is 0. The minimum absolute atomic E-state index is 0.0741. The Labute approximate surface area is 197 Å². The molecular formula is C24H35N5O3S. The number of hydrogen-bond acceptors (Lipinski definition) is 6. The number of hydrogen-bond donors (Lipinski definition) is 2. The Hall–Kier alpha value is -2.46. The molecule has 1 heterocycles. The number of carbonyl (C=O) groups excluding carboxylic acids is 1. The number of amides is 1. The molecule has 1 fully saturated rings. The topological polar surface area (TPSA) is 99.0 Å². The minimum Gasteiger partial charge on any atom is -0.300 e. The number of piperazine rings is 1. The molecule has 2 aromatic rings. The first-order valence-electron chi connectivity index (χ1n) is 11.3. The van der Waals surface area contributed by atoms with E-state index in [0.717, 1.165) is 25.2 Å². The van der Waals surface area contributed by atoms with E-state index in [0.29, 0.717) is 29.8 Å². The lowest BCUT2D eigenvalue weighted by Gasteiger charge is -2.42. The molecule has 180 valence electrons. The van der Waals surface area contributed by atoms with Gasteiger partial charge in [0, 0.05) is 30.7 Å². The Kier molecular flexibility index (Phi) is 8.47. The summed E-state index contributed by atoms with van der Waals surface area (Å²) in [5.41, 5.74) is 3.94. The predicted molar refractivity (Wildman–Crippen MR) is 132 cm³/mol. The molecule has 9 heteroatoms. The molecule has 0 spiro atoms. The molecule has 1 aliphatic heterocycles. The third-order valence-corrected chi connectivity index (χ3v) is 8.18. The van der Waals surface area contributed by atoms with Crippen molar-refractivity contribution in [2.75, 3.05) is 36.7 Å². The number of sulfonamides is 1. The molecule has 0 radical (unpaired) electrons. The van der Waals surface area contributed by atoms with Crippen LogP contribution < -0.4 is 15.6 Å². The van der Waals surface area contributed by atoms with E-state index in [9.17, 15) is 13.2 Å². The smallest absolute Gasteiger partial charge is 0.265 e. The van der Waals surface area contributed by atoms with E-state index in [-0.39, 0.29) is 18.2 Å². The van der Waals surface area contributed by atoms with Crippen molar-refractivity contribution in [3.05, 3.63) is 65.7 Å². The van der Waals surface area contributed by atoms with E-state index < -0.39 is 10.0 Å². The molecule has 1 amide bonds. The van der Waals surface area contributed by atoms with Crippen molar-refractivity contribution >= 4 is 21.6 Å². The van der Waals surface area contributed by atoms with Crippen molar-refractivity contribution in [1.82, 2.24) is 15.2 Å². The van der Waals surface area contributed by atoms with Crippen LogP contribution in [0.1, 0.15) is 36.2 Å². The Balaban J connectivity index is 1.70. The van der Waals surface area contributed by atoms with E-state index in [1.165, 1.54) is 4.31 Å². The number of para-hydroxylation sites is 1. The Morgan fingerprint density at radius 3 is 2.24 bits per heavy atom. The standard InChI is InChI=1S/C24H35N5O3S/c1-19-16-28(17-20(2)27(19)3)14-7-15-33(31,32)29(23-8-5-4-6-9-23)18-21-10-12-22(13-11-21)24(30)26-25/h4-6,8-13,19-20H,7,14-18,25H2,1-3H3,(H,26,30)/t19-,20+. The van der Waals surface area contributed by atoms with E-state index in [1.54, 1.807) is 36.4 Å². The fourth-order valence-corrected chi connectivity index (χ4v) is 5.74. The summed E-state index contributed by atoms with van der Waals surface area (Å²) in [6.45, 7) is 7.27. The van der Waals surface area contributed by atoms with Crippen LogP contribution in [0, 0.1) is 0 Å². The lowest BCUT2D eigenvalue weighted by Crippen LogP contribution is -2.55. The summed E-state index contributed by atoms with van der Waals surface area (Å²) >= 11 is 0. The van der Waals surface area contributed by atoms with Crippen LogP contribution in [0.4, 0.5) is 5.69 Å². The van der Waals surface area contributed by atoms with Crippen molar-refractivity contribution in [1.29, 1.82) is 0 Å². The molecule has 0 saturated carbocycles. The second-order valence-corrected chi connectivity index (χ2v) is 10.8. The molecule has 3 N–H and O–H groups in total. The average Bonchev–Trinajstić information content (AvgIpc) is 2.81. The Bertz CT molecular complexity index is 1000. The van der Waals surface area contributed by atoms with Crippen LogP contribution in [0.2, 0.25) is 0 Å². The molecule has 0 aliphatic carbocycles. The highest BCUT2D eigenvalue weighted by Gasteiger charge is 2.27. The summed E-state index contributed by atoms with van der Waals surface area (Å²) in [5.74, 6) is 4.87. The maximum atomic E-state index is 13.4. The van der Waals surface area contributed by atoms with Crippen LogP contribution in [0.3, 0.4) is 0 Å². The van der Waals surface area contributed by atoms with Gasteiger partial charge in [0.05, 0.1) is 18.0 Å². The number of nitrogens with two attached hydrogens (primary N) is 1. The normalized spacial score (nSPS) is 19.9. The molecule has 0 aromatic heterocycles. The average molecular weight is 474 g/mol. The highest BCUT2D eigenvalue weighted by atomic mass is 32.2. The van der Waals surface area contributed by atoms with Gasteiger partial charge in [-0.05, 0) is 63.7 Å². The molecule has 2 atom stereocenters. The number of hydrazine groups is 1. The van der Waals surface area contributed by atoms with Gasteiger partial charge in [-0.25, -0.2) is 14.3 Å². The second-order valence-electron chi connectivity index (χ2n) is 8.81. The van der Waals surface area contributed by atoms with Gasteiger partial charge in [0.15, 0.2) is 0 Å². The van der Waals surface area contributed by atoms with Gasteiger partial charge in [0.1, 0.15) is 0 Å². The van der Waals surface area contributed by atoms with Crippen molar-refractivity contribution in [3.8, 4) is 0 Å². The fraction of sp³-hybridized carbons (Fsp3) is 0.458. The van der Waals surface area contributed by atoms with Gasteiger partial charge in [-0.15, -0.1) is 0 Å². The maximum absolute atomic E-state index is 13.4. The summed E-state index contributed by atoms with van der Waals surface area (Å²) in [6, 6.07) is 16.8. The van der Waals surface area contributed by atoms with E-state index >= 15 is 0 Å². The fourth-order valence-electron chi connectivity index (χ4n) is 4.23. The molecule has 0 unspecified atom stereocenters. The first kappa shape index (κ1) is 25.2. The SMILES string of the molecule is C[C@@H]1CN(CCCS(=O)(=O)N(Cc2ccc(C(=O)NN)cc2)c2ccccc2)C[C@H](C)N1C. The lowest BCUT2D eigenvalue weighted by atomic mass is 10.1. The number of nitrogen functional groups attached to an aromatic ring is 1. The number of rotatable bonds is 9.